The first kappa shape index (κ1) is 11.7. The third-order valence-electron chi connectivity index (χ3n) is 2.88. The van der Waals surface area contributed by atoms with Crippen LogP contribution in [-0.2, 0) is 0 Å². The number of nitrogens with zero attached hydrogens (tertiary/aromatic N) is 1. The van der Waals surface area contributed by atoms with Gasteiger partial charge in [-0.25, -0.2) is 0 Å². The molecule has 0 unspecified atom stereocenters. The summed E-state index contributed by atoms with van der Waals surface area (Å²) in [5, 5.41) is 11.3. The predicted molar refractivity (Wildman–Crippen MR) is 61.1 cm³/mol. The summed E-state index contributed by atoms with van der Waals surface area (Å²) in [6.45, 7) is 3.30. The van der Waals surface area contributed by atoms with Crippen LogP contribution in [0.25, 0.3) is 0 Å². The van der Waals surface area contributed by atoms with Crippen molar-refractivity contribution in [1.29, 1.82) is 5.41 Å². The second-order valence-corrected chi connectivity index (χ2v) is 4.46. The molecular weight excluding hydrogens is 174 g/mol. The Labute approximate surface area is 87.4 Å². The summed E-state index contributed by atoms with van der Waals surface area (Å²) in [4.78, 5) is 2.19. The molecule has 0 bridgehead atoms. The first-order chi connectivity index (χ1) is 6.70. The molecular formula is C11H23N3. The van der Waals surface area contributed by atoms with Crippen LogP contribution < -0.4 is 5.32 Å². The monoisotopic (exact) mass is 197 g/mol. The highest BCUT2D eigenvalue weighted by atomic mass is 15.0. The van der Waals surface area contributed by atoms with Gasteiger partial charge in [0.25, 0.3) is 0 Å². The fourth-order valence-corrected chi connectivity index (χ4v) is 1.96. The molecule has 14 heavy (non-hydrogen) atoms. The molecule has 1 aliphatic heterocycles. The van der Waals surface area contributed by atoms with Crippen LogP contribution in [0, 0.1) is 11.3 Å². The van der Waals surface area contributed by atoms with Gasteiger partial charge in [-0.1, -0.05) is 0 Å². The SMILES string of the molecule is CN(C)CCCC(=N)C1CCNCC1. The van der Waals surface area contributed by atoms with Crippen molar-refractivity contribution < 1.29 is 0 Å². The van der Waals surface area contributed by atoms with Crippen LogP contribution in [0.5, 0.6) is 0 Å². The first-order valence-corrected chi connectivity index (χ1v) is 5.63. The minimum Gasteiger partial charge on any atom is -0.317 e. The smallest absolute Gasteiger partial charge is 0.0121 e. The fourth-order valence-electron chi connectivity index (χ4n) is 1.96. The third kappa shape index (κ3) is 4.20. The van der Waals surface area contributed by atoms with E-state index in [9.17, 15) is 0 Å². The van der Waals surface area contributed by atoms with E-state index in [0.29, 0.717) is 5.92 Å². The molecule has 0 amide bonds. The average Bonchev–Trinajstić information content (AvgIpc) is 2.18. The summed E-state index contributed by atoms with van der Waals surface area (Å²) >= 11 is 0. The summed E-state index contributed by atoms with van der Waals surface area (Å²) in [5.74, 6) is 0.568. The second-order valence-electron chi connectivity index (χ2n) is 4.46. The largest absolute Gasteiger partial charge is 0.317 e. The van der Waals surface area contributed by atoms with E-state index >= 15 is 0 Å². The molecule has 3 nitrogen and oxygen atoms in total. The van der Waals surface area contributed by atoms with Gasteiger partial charge in [0, 0.05) is 5.71 Å². The predicted octanol–water partition coefficient (Wildman–Crippen LogP) is 1.35. The van der Waals surface area contributed by atoms with Gasteiger partial charge in [0.1, 0.15) is 0 Å². The Morgan fingerprint density at radius 3 is 2.57 bits per heavy atom. The average molecular weight is 197 g/mol. The van der Waals surface area contributed by atoms with E-state index in [1.807, 2.05) is 0 Å². The highest BCUT2D eigenvalue weighted by Gasteiger charge is 2.16. The third-order valence-corrected chi connectivity index (χ3v) is 2.88. The lowest BCUT2D eigenvalue weighted by atomic mass is 9.90. The lowest BCUT2D eigenvalue weighted by molar-refractivity contribution is 0.398. The maximum Gasteiger partial charge on any atom is 0.0121 e. The number of hydrogen-bond donors (Lipinski definition) is 2. The Bertz CT molecular complexity index is 171. The van der Waals surface area contributed by atoms with Crippen molar-refractivity contribution in [2.24, 2.45) is 5.92 Å². The van der Waals surface area contributed by atoms with Crippen molar-refractivity contribution in [2.45, 2.75) is 25.7 Å². The van der Waals surface area contributed by atoms with Crippen LogP contribution in [0.4, 0.5) is 0 Å². The van der Waals surface area contributed by atoms with Crippen LogP contribution in [0.15, 0.2) is 0 Å². The number of hydrogen-bond acceptors (Lipinski definition) is 3. The Morgan fingerprint density at radius 1 is 1.36 bits per heavy atom. The number of nitrogens with one attached hydrogen (secondary N) is 2. The van der Waals surface area contributed by atoms with Crippen LogP contribution in [0.2, 0.25) is 0 Å². The van der Waals surface area contributed by atoms with Crippen molar-refractivity contribution in [1.82, 2.24) is 10.2 Å². The van der Waals surface area contributed by atoms with E-state index in [1.165, 1.54) is 12.8 Å². The van der Waals surface area contributed by atoms with E-state index in [2.05, 4.69) is 24.3 Å². The van der Waals surface area contributed by atoms with Crippen molar-refractivity contribution in [3.8, 4) is 0 Å². The van der Waals surface area contributed by atoms with Crippen molar-refractivity contribution in [3.05, 3.63) is 0 Å². The van der Waals surface area contributed by atoms with E-state index in [0.717, 1.165) is 38.2 Å². The fraction of sp³-hybridized carbons (Fsp3) is 0.909. The van der Waals surface area contributed by atoms with Gasteiger partial charge >= 0.3 is 0 Å². The molecule has 0 aromatic carbocycles. The van der Waals surface area contributed by atoms with E-state index in [4.69, 9.17) is 5.41 Å². The van der Waals surface area contributed by atoms with Gasteiger partial charge in [-0.2, -0.15) is 0 Å². The molecule has 0 spiro atoms. The number of rotatable bonds is 5. The van der Waals surface area contributed by atoms with Gasteiger partial charge < -0.3 is 15.6 Å². The molecule has 3 heteroatoms. The Kier molecular flexibility index (Phi) is 5.12. The molecule has 1 aliphatic rings. The maximum absolute atomic E-state index is 7.98. The van der Waals surface area contributed by atoms with Crippen LogP contribution in [-0.4, -0.2) is 44.3 Å². The first-order valence-electron chi connectivity index (χ1n) is 5.63. The zero-order valence-electron chi connectivity index (χ0n) is 9.47. The molecule has 2 N–H and O–H groups in total. The van der Waals surface area contributed by atoms with Gasteiger partial charge in [-0.15, -0.1) is 0 Å². The molecule has 0 radical (unpaired) electrons. The van der Waals surface area contributed by atoms with Crippen LogP contribution in [0.3, 0.4) is 0 Å². The summed E-state index contributed by atoms with van der Waals surface area (Å²) in [6.07, 6.45) is 4.46. The number of piperidine rings is 1. The second kappa shape index (κ2) is 6.14. The van der Waals surface area contributed by atoms with Gasteiger partial charge in [0.2, 0.25) is 0 Å². The van der Waals surface area contributed by atoms with E-state index in [1.54, 1.807) is 0 Å². The summed E-state index contributed by atoms with van der Waals surface area (Å²) in [5.41, 5.74) is 0.980. The molecule has 0 saturated carbocycles. The zero-order chi connectivity index (χ0) is 10.4. The van der Waals surface area contributed by atoms with Crippen LogP contribution >= 0.6 is 0 Å². The van der Waals surface area contributed by atoms with Gasteiger partial charge in [0.05, 0.1) is 0 Å². The van der Waals surface area contributed by atoms with Crippen molar-refractivity contribution >= 4 is 5.71 Å². The van der Waals surface area contributed by atoms with Crippen molar-refractivity contribution in [2.75, 3.05) is 33.7 Å². The standard InChI is InChI=1S/C11H23N3/c1-14(2)9-3-4-11(12)10-5-7-13-8-6-10/h10,12-13H,3-9H2,1-2H3. The zero-order valence-corrected chi connectivity index (χ0v) is 9.47. The Hall–Kier alpha value is -0.410. The highest BCUT2D eigenvalue weighted by molar-refractivity contribution is 5.83. The van der Waals surface area contributed by atoms with Crippen LogP contribution in [0.1, 0.15) is 25.7 Å². The minimum absolute atomic E-state index is 0.568. The van der Waals surface area contributed by atoms with Gasteiger partial charge in [0.15, 0.2) is 0 Å². The minimum atomic E-state index is 0.568. The molecule has 0 atom stereocenters. The topological polar surface area (TPSA) is 39.1 Å². The summed E-state index contributed by atoms with van der Waals surface area (Å²) < 4.78 is 0. The maximum atomic E-state index is 7.98. The molecule has 1 heterocycles. The normalized spacial score (nSPS) is 18.8. The van der Waals surface area contributed by atoms with Gasteiger partial charge in [-0.3, -0.25) is 0 Å². The molecule has 0 aliphatic carbocycles. The van der Waals surface area contributed by atoms with Gasteiger partial charge in [-0.05, 0) is 65.3 Å². The Balaban J connectivity index is 2.13. The molecule has 82 valence electrons. The molecule has 1 fully saturated rings. The highest BCUT2D eigenvalue weighted by Crippen LogP contribution is 2.15. The molecule has 0 aromatic rings. The van der Waals surface area contributed by atoms with E-state index in [-0.39, 0.29) is 0 Å². The van der Waals surface area contributed by atoms with Crippen molar-refractivity contribution in [3.63, 3.8) is 0 Å². The summed E-state index contributed by atoms with van der Waals surface area (Å²) in [6, 6.07) is 0. The van der Waals surface area contributed by atoms with E-state index < -0.39 is 0 Å². The molecule has 1 saturated heterocycles. The lowest BCUT2D eigenvalue weighted by Gasteiger charge is -2.23. The molecule has 0 aromatic heterocycles. The lowest BCUT2D eigenvalue weighted by Crippen LogP contribution is -2.31. The Morgan fingerprint density at radius 2 is 2.00 bits per heavy atom. The summed E-state index contributed by atoms with van der Waals surface area (Å²) in [7, 11) is 4.18. The molecule has 1 rings (SSSR count). The quantitative estimate of drug-likeness (QED) is 0.653.